The van der Waals surface area contributed by atoms with Crippen LogP contribution >= 0.6 is 11.6 Å². The molecule has 0 spiro atoms. The van der Waals surface area contributed by atoms with Gasteiger partial charge in [0.1, 0.15) is 11.5 Å². The Bertz CT molecular complexity index is 473. The lowest BCUT2D eigenvalue weighted by molar-refractivity contribution is 0.0945. The van der Waals surface area contributed by atoms with E-state index in [0.717, 1.165) is 18.9 Å². The van der Waals surface area contributed by atoms with Crippen molar-refractivity contribution in [3.63, 3.8) is 0 Å². The van der Waals surface area contributed by atoms with E-state index >= 15 is 0 Å². The third-order valence-corrected chi connectivity index (χ3v) is 4.29. The summed E-state index contributed by atoms with van der Waals surface area (Å²) < 4.78 is 0. The monoisotopic (exact) mass is 309 g/mol. The largest absolute Gasteiger partial charge is 0.370 e. The SMILES string of the molecule is CCNc1ccc(Cl)c(C(=O)NCCC2CCCCC2)n1. The van der Waals surface area contributed by atoms with Crippen LogP contribution in [0, 0.1) is 5.92 Å². The van der Waals surface area contributed by atoms with E-state index in [2.05, 4.69) is 15.6 Å². The summed E-state index contributed by atoms with van der Waals surface area (Å²) in [6, 6.07) is 3.49. The summed E-state index contributed by atoms with van der Waals surface area (Å²) in [5, 5.41) is 6.43. The van der Waals surface area contributed by atoms with Gasteiger partial charge in [-0.15, -0.1) is 0 Å². The van der Waals surface area contributed by atoms with Gasteiger partial charge in [0.05, 0.1) is 5.02 Å². The van der Waals surface area contributed by atoms with Gasteiger partial charge in [0.2, 0.25) is 0 Å². The molecule has 5 heteroatoms. The van der Waals surface area contributed by atoms with Crippen molar-refractivity contribution in [3.05, 3.63) is 22.8 Å². The minimum atomic E-state index is -0.185. The minimum absolute atomic E-state index is 0.185. The minimum Gasteiger partial charge on any atom is -0.370 e. The molecule has 1 saturated carbocycles. The van der Waals surface area contributed by atoms with Crippen LogP contribution in [0.2, 0.25) is 5.02 Å². The maximum atomic E-state index is 12.2. The van der Waals surface area contributed by atoms with Crippen LogP contribution in [-0.2, 0) is 0 Å². The number of nitrogens with one attached hydrogen (secondary N) is 2. The van der Waals surface area contributed by atoms with Crippen molar-refractivity contribution in [3.8, 4) is 0 Å². The van der Waals surface area contributed by atoms with Crippen molar-refractivity contribution < 1.29 is 4.79 Å². The first-order chi connectivity index (χ1) is 10.2. The number of carbonyl (C=O) groups excluding carboxylic acids is 1. The molecule has 0 bridgehead atoms. The molecular weight excluding hydrogens is 286 g/mol. The fourth-order valence-electron chi connectivity index (χ4n) is 2.83. The lowest BCUT2D eigenvalue weighted by atomic mass is 9.87. The van der Waals surface area contributed by atoms with Crippen LogP contribution in [0.15, 0.2) is 12.1 Å². The Hall–Kier alpha value is -1.29. The van der Waals surface area contributed by atoms with E-state index < -0.39 is 0 Å². The van der Waals surface area contributed by atoms with Crippen molar-refractivity contribution in [1.82, 2.24) is 10.3 Å². The fourth-order valence-corrected chi connectivity index (χ4v) is 3.02. The van der Waals surface area contributed by atoms with E-state index in [1.54, 1.807) is 12.1 Å². The molecule has 4 nitrogen and oxygen atoms in total. The Morgan fingerprint density at radius 1 is 1.33 bits per heavy atom. The van der Waals surface area contributed by atoms with E-state index in [1.165, 1.54) is 32.1 Å². The van der Waals surface area contributed by atoms with Crippen LogP contribution in [0.3, 0.4) is 0 Å². The average Bonchev–Trinajstić information content (AvgIpc) is 2.50. The standard InChI is InChI=1S/C16H24ClN3O/c1-2-18-14-9-8-13(17)15(20-14)16(21)19-11-10-12-6-4-3-5-7-12/h8-9,12H,2-7,10-11H2,1H3,(H,18,20)(H,19,21). The molecule has 1 aliphatic rings. The summed E-state index contributed by atoms with van der Waals surface area (Å²) in [5.41, 5.74) is 0.304. The highest BCUT2D eigenvalue weighted by Crippen LogP contribution is 2.25. The highest BCUT2D eigenvalue weighted by molar-refractivity contribution is 6.33. The second-order valence-corrected chi connectivity index (χ2v) is 6.01. The zero-order valence-electron chi connectivity index (χ0n) is 12.6. The molecule has 1 aromatic heterocycles. The quantitative estimate of drug-likeness (QED) is 0.838. The van der Waals surface area contributed by atoms with Gasteiger partial charge in [-0.3, -0.25) is 4.79 Å². The molecule has 21 heavy (non-hydrogen) atoms. The predicted octanol–water partition coefficient (Wildman–Crippen LogP) is 3.87. The van der Waals surface area contributed by atoms with E-state index in [-0.39, 0.29) is 5.91 Å². The van der Waals surface area contributed by atoms with Gasteiger partial charge in [0.25, 0.3) is 5.91 Å². The Balaban J connectivity index is 1.85. The molecule has 0 unspecified atom stereocenters. The molecule has 0 atom stereocenters. The number of aromatic nitrogens is 1. The molecule has 116 valence electrons. The van der Waals surface area contributed by atoms with E-state index in [1.807, 2.05) is 6.92 Å². The first-order valence-corrected chi connectivity index (χ1v) is 8.27. The number of amides is 1. The number of carbonyl (C=O) groups is 1. The van der Waals surface area contributed by atoms with Crippen LogP contribution in [-0.4, -0.2) is 24.0 Å². The molecule has 1 aromatic rings. The third kappa shape index (κ3) is 4.88. The highest BCUT2D eigenvalue weighted by Gasteiger charge is 2.16. The molecule has 0 aliphatic heterocycles. The number of hydrogen-bond donors (Lipinski definition) is 2. The summed E-state index contributed by atoms with van der Waals surface area (Å²) in [6.45, 7) is 3.45. The van der Waals surface area contributed by atoms with Gasteiger partial charge in [-0.05, 0) is 31.4 Å². The zero-order chi connectivity index (χ0) is 15.1. The third-order valence-electron chi connectivity index (χ3n) is 3.98. The summed E-state index contributed by atoms with van der Waals surface area (Å²) >= 11 is 6.07. The van der Waals surface area contributed by atoms with Gasteiger partial charge >= 0.3 is 0 Å². The summed E-state index contributed by atoms with van der Waals surface area (Å²) in [7, 11) is 0. The highest BCUT2D eigenvalue weighted by atomic mass is 35.5. The maximum Gasteiger partial charge on any atom is 0.271 e. The van der Waals surface area contributed by atoms with Gasteiger partial charge < -0.3 is 10.6 Å². The average molecular weight is 310 g/mol. The van der Waals surface area contributed by atoms with Crippen LogP contribution < -0.4 is 10.6 Å². The molecule has 1 aliphatic carbocycles. The van der Waals surface area contributed by atoms with Crippen LogP contribution in [0.4, 0.5) is 5.82 Å². The summed E-state index contributed by atoms with van der Waals surface area (Å²) in [6.07, 6.45) is 7.67. The molecule has 0 radical (unpaired) electrons. The van der Waals surface area contributed by atoms with Crippen LogP contribution in [0.25, 0.3) is 0 Å². The van der Waals surface area contributed by atoms with Gasteiger partial charge in [-0.2, -0.15) is 0 Å². The molecule has 1 fully saturated rings. The van der Waals surface area contributed by atoms with Crippen molar-refractivity contribution in [2.24, 2.45) is 5.92 Å². The van der Waals surface area contributed by atoms with Crippen LogP contribution in [0.5, 0.6) is 0 Å². The normalized spacial score (nSPS) is 15.7. The van der Waals surface area contributed by atoms with E-state index in [4.69, 9.17) is 11.6 Å². The summed E-state index contributed by atoms with van der Waals surface area (Å²) in [5.74, 6) is 1.26. The predicted molar refractivity (Wildman–Crippen MR) is 86.9 cm³/mol. The van der Waals surface area contributed by atoms with Crippen LogP contribution in [0.1, 0.15) is 55.9 Å². The number of nitrogens with zero attached hydrogens (tertiary/aromatic N) is 1. The lowest BCUT2D eigenvalue weighted by Crippen LogP contribution is -2.27. The topological polar surface area (TPSA) is 54.0 Å². The molecule has 1 heterocycles. The van der Waals surface area contributed by atoms with Gasteiger partial charge in [0, 0.05) is 13.1 Å². The number of halogens is 1. The molecule has 1 amide bonds. The zero-order valence-corrected chi connectivity index (χ0v) is 13.4. The number of rotatable bonds is 6. The fraction of sp³-hybridized carbons (Fsp3) is 0.625. The Labute approximate surface area is 131 Å². The molecule has 0 aromatic carbocycles. The Kier molecular flexibility index (Phi) is 6.30. The molecular formula is C16H24ClN3O. The van der Waals surface area contributed by atoms with Crippen molar-refractivity contribution in [2.45, 2.75) is 45.4 Å². The van der Waals surface area contributed by atoms with Crippen molar-refractivity contribution >= 4 is 23.3 Å². The molecule has 2 N–H and O–H groups in total. The smallest absolute Gasteiger partial charge is 0.271 e. The van der Waals surface area contributed by atoms with E-state index in [0.29, 0.717) is 23.1 Å². The van der Waals surface area contributed by atoms with E-state index in [9.17, 15) is 4.79 Å². The van der Waals surface area contributed by atoms with Gasteiger partial charge in [0.15, 0.2) is 0 Å². The van der Waals surface area contributed by atoms with Gasteiger partial charge in [-0.25, -0.2) is 4.98 Å². The van der Waals surface area contributed by atoms with Crippen molar-refractivity contribution in [1.29, 1.82) is 0 Å². The molecule has 2 rings (SSSR count). The molecule has 0 saturated heterocycles. The second kappa shape index (κ2) is 8.23. The van der Waals surface area contributed by atoms with Gasteiger partial charge in [-0.1, -0.05) is 43.7 Å². The first kappa shape index (κ1) is 16.1. The number of pyridine rings is 1. The first-order valence-electron chi connectivity index (χ1n) is 7.89. The van der Waals surface area contributed by atoms with Crippen molar-refractivity contribution in [2.75, 3.05) is 18.4 Å². The Morgan fingerprint density at radius 3 is 2.81 bits per heavy atom. The maximum absolute atomic E-state index is 12.2. The number of anilines is 1. The Morgan fingerprint density at radius 2 is 2.10 bits per heavy atom. The lowest BCUT2D eigenvalue weighted by Gasteiger charge is -2.21. The second-order valence-electron chi connectivity index (χ2n) is 5.61. The summed E-state index contributed by atoms with van der Waals surface area (Å²) in [4.78, 5) is 16.5. The number of hydrogen-bond acceptors (Lipinski definition) is 3.